The highest BCUT2D eigenvalue weighted by Crippen LogP contribution is 2.29. The molecule has 0 heterocycles. The highest BCUT2D eigenvalue weighted by molar-refractivity contribution is 6.31. The van der Waals surface area contributed by atoms with Crippen LogP contribution in [0.5, 0.6) is 0 Å². The van der Waals surface area contributed by atoms with Gasteiger partial charge in [-0.1, -0.05) is 53.6 Å². The van der Waals surface area contributed by atoms with Crippen LogP contribution in [0.15, 0.2) is 42.5 Å². The summed E-state index contributed by atoms with van der Waals surface area (Å²) in [5, 5.41) is 10.1. The third-order valence-electron chi connectivity index (χ3n) is 2.67. The molecule has 2 aromatic rings. The number of halogens is 2. The van der Waals surface area contributed by atoms with E-state index in [4.69, 9.17) is 11.6 Å². The van der Waals surface area contributed by atoms with Crippen molar-refractivity contribution in [3.63, 3.8) is 0 Å². The lowest BCUT2D eigenvalue weighted by Crippen LogP contribution is -2.01. The second-order valence-electron chi connectivity index (χ2n) is 3.96. The van der Waals surface area contributed by atoms with Crippen molar-refractivity contribution in [2.24, 2.45) is 0 Å². The molecule has 88 valence electrons. The van der Waals surface area contributed by atoms with Gasteiger partial charge in [0.2, 0.25) is 0 Å². The Morgan fingerprint density at radius 3 is 2.41 bits per heavy atom. The summed E-state index contributed by atoms with van der Waals surface area (Å²) >= 11 is 5.83. The van der Waals surface area contributed by atoms with Gasteiger partial charge in [-0.25, -0.2) is 4.39 Å². The summed E-state index contributed by atoms with van der Waals surface area (Å²) in [6, 6.07) is 11.8. The monoisotopic (exact) mass is 250 g/mol. The van der Waals surface area contributed by atoms with E-state index >= 15 is 0 Å². The predicted molar refractivity (Wildman–Crippen MR) is 66.7 cm³/mol. The average Bonchev–Trinajstić information content (AvgIpc) is 2.33. The van der Waals surface area contributed by atoms with Crippen LogP contribution < -0.4 is 0 Å². The smallest absolute Gasteiger partial charge is 0.142 e. The van der Waals surface area contributed by atoms with Crippen molar-refractivity contribution < 1.29 is 9.50 Å². The van der Waals surface area contributed by atoms with Gasteiger partial charge >= 0.3 is 0 Å². The predicted octanol–water partition coefficient (Wildman–Crippen LogP) is 3.87. The Kier molecular flexibility index (Phi) is 3.46. The quantitative estimate of drug-likeness (QED) is 0.858. The van der Waals surface area contributed by atoms with E-state index in [9.17, 15) is 9.50 Å². The molecule has 1 nitrogen and oxygen atoms in total. The summed E-state index contributed by atoms with van der Waals surface area (Å²) < 4.78 is 13.3. The number of benzene rings is 2. The van der Waals surface area contributed by atoms with Gasteiger partial charge in [-0.15, -0.1) is 0 Å². The highest BCUT2D eigenvalue weighted by atomic mass is 35.5. The van der Waals surface area contributed by atoms with Crippen LogP contribution in [0.2, 0.25) is 5.02 Å². The molecule has 0 fully saturated rings. The summed E-state index contributed by atoms with van der Waals surface area (Å²) in [6.07, 6.45) is -0.904. The molecule has 0 spiro atoms. The lowest BCUT2D eigenvalue weighted by atomic mass is 10.0. The largest absolute Gasteiger partial charge is 0.384 e. The summed E-state index contributed by atoms with van der Waals surface area (Å²) in [6.45, 7) is 1.96. The fourth-order valence-corrected chi connectivity index (χ4v) is 1.89. The first kappa shape index (κ1) is 12.1. The van der Waals surface area contributed by atoms with Crippen LogP contribution in [0.3, 0.4) is 0 Å². The van der Waals surface area contributed by atoms with E-state index in [0.717, 1.165) is 5.56 Å². The van der Waals surface area contributed by atoms with Crippen LogP contribution in [0.4, 0.5) is 4.39 Å². The van der Waals surface area contributed by atoms with Gasteiger partial charge in [0.1, 0.15) is 11.9 Å². The first-order chi connectivity index (χ1) is 8.09. The molecular weight excluding hydrogens is 239 g/mol. The molecule has 0 aliphatic carbocycles. The maximum absolute atomic E-state index is 13.3. The van der Waals surface area contributed by atoms with Crippen molar-refractivity contribution in [2.75, 3.05) is 0 Å². The molecule has 0 saturated heterocycles. The molecule has 1 unspecified atom stereocenters. The lowest BCUT2D eigenvalue weighted by Gasteiger charge is -2.13. The number of rotatable bonds is 2. The molecule has 0 aliphatic rings. The van der Waals surface area contributed by atoms with Crippen molar-refractivity contribution in [2.45, 2.75) is 13.0 Å². The zero-order valence-corrected chi connectivity index (χ0v) is 10.1. The van der Waals surface area contributed by atoms with E-state index < -0.39 is 11.9 Å². The van der Waals surface area contributed by atoms with Gasteiger partial charge in [0, 0.05) is 5.56 Å². The number of hydrogen-bond acceptors (Lipinski definition) is 1. The molecule has 0 aliphatic heterocycles. The van der Waals surface area contributed by atoms with Crippen LogP contribution in [0, 0.1) is 12.7 Å². The molecule has 1 atom stereocenters. The topological polar surface area (TPSA) is 20.2 Å². The molecule has 0 saturated carbocycles. The van der Waals surface area contributed by atoms with Crippen LogP contribution in [0.1, 0.15) is 22.8 Å². The number of aliphatic hydroxyl groups excluding tert-OH is 1. The Morgan fingerprint density at radius 2 is 1.76 bits per heavy atom. The van der Waals surface area contributed by atoms with E-state index in [0.29, 0.717) is 11.1 Å². The Labute approximate surface area is 104 Å². The second kappa shape index (κ2) is 4.86. The van der Waals surface area contributed by atoms with E-state index in [1.807, 2.05) is 19.1 Å². The minimum atomic E-state index is -0.904. The minimum Gasteiger partial charge on any atom is -0.384 e. The van der Waals surface area contributed by atoms with E-state index in [2.05, 4.69) is 0 Å². The van der Waals surface area contributed by atoms with Gasteiger partial charge in [0.15, 0.2) is 0 Å². The molecule has 2 rings (SSSR count). The standard InChI is InChI=1S/C14H12ClFO/c1-9-5-7-10(8-6-9)14(17)11-3-2-4-12(16)13(11)15/h2-8,14,17H,1H3. The highest BCUT2D eigenvalue weighted by Gasteiger charge is 2.15. The summed E-state index contributed by atoms with van der Waals surface area (Å²) in [5.41, 5.74) is 2.19. The third kappa shape index (κ3) is 2.48. The maximum atomic E-state index is 13.3. The van der Waals surface area contributed by atoms with Gasteiger partial charge in [-0.05, 0) is 18.6 Å². The Hall–Kier alpha value is -1.38. The third-order valence-corrected chi connectivity index (χ3v) is 3.07. The summed E-state index contributed by atoms with van der Waals surface area (Å²) in [4.78, 5) is 0. The first-order valence-electron chi connectivity index (χ1n) is 5.28. The molecule has 0 radical (unpaired) electrons. The van der Waals surface area contributed by atoms with Crippen molar-refractivity contribution in [3.05, 3.63) is 70.0 Å². The molecular formula is C14H12ClFO. The van der Waals surface area contributed by atoms with Crippen molar-refractivity contribution in [1.29, 1.82) is 0 Å². The average molecular weight is 251 g/mol. The van der Waals surface area contributed by atoms with Crippen molar-refractivity contribution in [1.82, 2.24) is 0 Å². The van der Waals surface area contributed by atoms with Gasteiger partial charge in [0.25, 0.3) is 0 Å². The van der Waals surface area contributed by atoms with Crippen LogP contribution in [0.25, 0.3) is 0 Å². The van der Waals surface area contributed by atoms with E-state index in [-0.39, 0.29) is 5.02 Å². The van der Waals surface area contributed by atoms with Gasteiger partial charge in [0.05, 0.1) is 5.02 Å². The molecule has 1 N–H and O–H groups in total. The van der Waals surface area contributed by atoms with Crippen LogP contribution in [-0.2, 0) is 0 Å². The molecule has 0 bridgehead atoms. The Balaban J connectivity index is 2.40. The molecule has 0 aromatic heterocycles. The van der Waals surface area contributed by atoms with Gasteiger partial charge < -0.3 is 5.11 Å². The van der Waals surface area contributed by atoms with Crippen LogP contribution >= 0.6 is 11.6 Å². The second-order valence-corrected chi connectivity index (χ2v) is 4.33. The zero-order chi connectivity index (χ0) is 12.4. The first-order valence-corrected chi connectivity index (χ1v) is 5.66. The molecule has 17 heavy (non-hydrogen) atoms. The lowest BCUT2D eigenvalue weighted by molar-refractivity contribution is 0.220. The molecule has 2 aromatic carbocycles. The molecule has 0 amide bonds. The fourth-order valence-electron chi connectivity index (χ4n) is 1.66. The Bertz CT molecular complexity index is 522. The van der Waals surface area contributed by atoms with Crippen molar-refractivity contribution in [3.8, 4) is 0 Å². The Morgan fingerprint density at radius 1 is 1.12 bits per heavy atom. The van der Waals surface area contributed by atoms with Crippen LogP contribution in [-0.4, -0.2) is 5.11 Å². The van der Waals surface area contributed by atoms with Crippen molar-refractivity contribution >= 4 is 11.6 Å². The zero-order valence-electron chi connectivity index (χ0n) is 9.32. The van der Waals surface area contributed by atoms with E-state index in [1.54, 1.807) is 18.2 Å². The van der Waals surface area contributed by atoms with E-state index in [1.165, 1.54) is 12.1 Å². The summed E-state index contributed by atoms with van der Waals surface area (Å²) in [5.74, 6) is -0.518. The SMILES string of the molecule is Cc1ccc(C(O)c2cccc(F)c2Cl)cc1. The fraction of sp³-hybridized carbons (Fsp3) is 0.143. The minimum absolute atomic E-state index is 0.0272. The van der Waals surface area contributed by atoms with Gasteiger partial charge in [-0.2, -0.15) is 0 Å². The normalized spacial score (nSPS) is 12.5. The maximum Gasteiger partial charge on any atom is 0.142 e. The number of aryl methyl sites for hydroxylation is 1. The molecule has 3 heteroatoms. The number of aliphatic hydroxyl groups is 1. The number of hydrogen-bond donors (Lipinski definition) is 1. The van der Waals surface area contributed by atoms with Gasteiger partial charge in [-0.3, -0.25) is 0 Å². The summed E-state index contributed by atoms with van der Waals surface area (Å²) in [7, 11) is 0.